The average Bonchev–Trinajstić information content (AvgIpc) is 2.21. The van der Waals surface area contributed by atoms with Gasteiger partial charge in [-0.2, -0.15) is 0 Å². The van der Waals surface area contributed by atoms with Crippen LogP contribution in [0.4, 0.5) is 0 Å². The molecular weight excluding hydrogens is 152 g/mol. The molecule has 0 amide bonds. The number of hydrogen-bond acceptors (Lipinski definition) is 2. The molecule has 1 radical (unpaired) electrons. The summed E-state index contributed by atoms with van der Waals surface area (Å²) in [5.74, 6) is 0. The van der Waals surface area contributed by atoms with E-state index in [0.717, 1.165) is 11.7 Å². The van der Waals surface area contributed by atoms with E-state index in [1.54, 1.807) is 0 Å². The van der Waals surface area contributed by atoms with Gasteiger partial charge >= 0.3 is 0 Å². The minimum atomic E-state index is 0.601. The zero-order valence-electron chi connectivity index (χ0n) is 6.82. The fourth-order valence-corrected chi connectivity index (χ4v) is 1.22. The summed E-state index contributed by atoms with van der Waals surface area (Å²) in [5.41, 5.74) is 1.12. The average molecular weight is 163 g/mol. The fraction of sp³-hybridized carbons (Fsp3) is 0.300. The highest BCUT2D eigenvalue weighted by atomic mass is 16.6. The van der Waals surface area contributed by atoms with E-state index in [1.165, 1.54) is 0 Å². The van der Waals surface area contributed by atoms with Gasteiger partial charge in [-0.25, -0.2) is 0 Å². The quantitative estimate of drug-likeness (QED) is 0.626. The third-order valence-corrected chi connectivity index (χ3v) is 1.83. The fourth-order valence-electron chi connectivity index (χ4n) is 1.22. The first-order valence-electron chi connectivity index (χ1n) is 4.08. The van der Waals surface area contributed by atoms with Crippen LogP contribution in [0, 0.1) is 6.10 Å². The van der Waals surface area contributed by atoms with Crippen LogP contribution in [-0.2, 0) is 9.47 Å². The molecule has 2 nitrogen and oxygen atoms in total. The third kappa shape index (κ3) is 1.65. The van der Waals surface area contributed by atoms with Gasteiger partial charge < -0.3 is 9.47 Å². The highest BCUT2D eigenvalue weighted by Crippen LogP contribution is 2.18. The van der Waals surface area contributed by atoms with Crippen LogP contribution < -0.4 is 0 Å². The first-order chi connectivity index (χ1) is 5.97. The van der Waals surface area contributed by atoms with Gasteiger partial charge in [-0.3, -0.25) is 0 Å². The third-order valence-electron chi connectivity index (χ3n) is 1.83. The smallest absolute Gasteiger partial charge is 0.152 e. The van der Waals surface area contributed by atoms with Crippen molar-refractivity contribution in [2.45, 2.75) is 0 Å². The monoisotopic (exact) mass is 163 g/mol. The maximum atomic E-state index is 5.46. The number of hydrogen-bond donors (Lipinski definition) is 0. The SMILES string of the molecule is c1ccc([C]2COCCO2)cc1. The van der Waals surface area contributed by atoms with Crippen molar-refractivity contribution in [1.29, 1.82) is 0 Å². The second-order valence-electron chi connectivity index (χ2n) is 2.69. The predicted molar refractivity (Wildman–Crippen MR) is 45.6 cm³/mol. The van der Waals surface area contributed by atoms with Crippen LogP contribution in [0.25, 0.3) is 0 Å². The maximum absolute atomic E-state index is 5.46. The van der Waals surface area contributed by atoms with Gasteiger partial charge in [0.1, 0.15) is 0 Å². The molecule has 1 aliphatic heterocycles. The second-order valence-corrected chi connectivity index (χ2v) is 2.69. The van der Waals surface area contributed by atoms with Gasteiger partial charge in [0, 0.05) is 0 Å². The zero-order chi connectivity index (χ0) is 8.23. The van der Waals surface area contributed by atoms with Gasteiger partial charge in [-0.05, 0) is 5.56 Å². The molecule has 0 bridgehead atoms. The molecule has 63 valence electrons. The molecule has 0 N–H and O–H groups in total. The predicted octanol–water partition coefficient (Wildman–Crippen LogP) is 1.61. The lowest BCUT2D eigenvalue weighted by molar-refractivity contribution is -0.0182. The van der Waals surface area contributed by atoms with Crippen molar-refractivity contribution >= 4 is 0 Å². The Bertz CT molecular complexity index is 227. The Labute approximate surface area is 72.1 Å². The van der Waals surface area contributed by atoms with Gasteiger partial charge in [0.05, 0.1) is 19.8 Å². The Hall–Kier alpha value is -0.860. The van der Waals surface area contributed by atoms with Crippen molar-refractivity contribution in [3.63, 3.8) is 0 Å². The van der Waals surface area contributed by atoms with Gasteiger partial charge in [0.2, 0.25) is 0 Å². The molecule has 1 aromatic carbocycles. The van der Waals surface area contributed by atoms with Crippen molar-refractivity contribution in [2.75, 3.05) is 19.8 Å². The molecule has 0 unspecified atom stereocenters. The topological polar surface area (TPSA) is 18.5 Å². The molecule has 1 saturated heterocycles. The minimum absolute atomic E-state index is 0.601. The molecule has 0 saturated carbocycles. The molecule has 0 atom stereocenters. The Balaban J connectivity index is 2.08. The van der Waals surface area contributed by atoms with Crippen LogP contribution in [-0.4, -0.2) is 19.8 Å². The Morgan fingerprint density at radius 3 is 2.50 bits per heavy atom. The van der Waals surface area contributed by atoms with E-state index in [9.17, 15) is 0 Å². The molecule has 2 heteroatoms. The van der Waals surface area contributed by atoms with Gasteiger partial charge in [0.25, 0.3) is 0 Å². The Morgan fingerprint density at radius 1 is 1.00 bits per heavy atom. The molecule has 1 aromatic rings. The second kappa shape index (κ2) is 3.70. The zero-order valence-corrected chi connectivity index (χ0v) is 6.82. The summed E-state index contributed by atoms with van der Waals surface area (Å²) in [4.78, 5) is 0. The van der Waals surface area contributed by atoms with E-state index < -0.39 is 0 Å². The van der Waals surface area contributed by atoms with Gasteiger partial charge in [-0.1, -0.05) is 30.3 Å². The van der Waals surface area contributed by atoms with Crippen LogP contribution in [0.1, 0.15) is 5.56 Å². The Morgan fingerprint density at radius 2 is 1.83 bits per heavy atom. The largest absolute Gasteiger partial charge is 0.376 e. The van der Waals surface area contributed by atoms with E-state index in [2.05, 4.69) is 0 Å². The molecule has 0 aromatic heterocycles. The lowest BCUT2D eigenvalue weighted by Gasteiger charge is -2.21. The molecule has 1 aliphatic rings. The molecular formula is C10H11O2. The molecule has 2 rings (SSSR count). The molecule has 1 fully saturated rings. The van der Waals surface area contributed by atoms with Crippen LogP contribution >= 0.6 is 0 Å². The minimum Gasteiger partial charge on any atom is -0.376 e. The van der Waals surface area contributed by atoms with Gasteiger partial charge in [-0.15, -0.1) is 0 Å². The standard InChI is InChI=1S/C10H11O2/c1-2-4-9(5-3-1)10-8-11-6-7-12-10/h1-5H,6-8H2. The summed E-state index contributed by atoms with van der Waals surface area (Å²) >= 11 is 0. The molecule has 12 heavy (non-hydrogen) atoms. The Kier molecular flexibility index (Phi) is 2.39. The van der Waals surface area contributed by atoms with Crippen LogP contribution in [0.2, 0.25) is 0 Å². The summed E-state index contributed by atoms with van der Waals surface area (Å²) in [6, 6.07) is 10.1. The maximum Gasteiger partial charge on any atom is 0.152 e. The van der Waals surface area contributed by atoms with Gasteiger partial charge in [0.15, 0.2) is 6.10 Å². The van der Waals surface area contributed by atoms with E-state index in [4.69, 9.17) is 9.47 Å². The highest BCUT2D eigenvalue weighted by Gasteiger charge is 2.16. The lowest BCUT2D eigenvalue weighted by atomic mass is 10.1. The summed E-state index contributed by atoms with van der Waals surface area (Å²) in [7, 11) is 0. The van der Waals surface area contributed by atoms with Crippen molar-refractivity contribution in [2.24, 2.45) is 0 Å². The van der Waals surface area contributed by atoms with E-state index in [-0.39, 0.29) is 0 Å². The molecule has 0 aliphatic carbocycles. The molecule has 0 spiro atoms. The summed E-state index contributed by atoms with van der Waals surface area (Å²) in [6.45, 7) is 1.98. The van der Waals surface area contributed by atoms with Crippen LogP contribution in [0.5, 0.6) is 0 Å². The van der Waals surface area contributed by atoms with Crippen molar-refractivity contribution in [1.82, 2.24) is 0 Å². The number of benzene rings is 1. The summed E-state index contributed by atoms with van der Waals surface area (Å²) in [6.07, 6.45) is 0.946. The number of ether oxygens (including phenoxy) is 2. The first-order valence-corrected chi connectivity index (χ1v) is 4.08. The van der Waals surface area contributed by atoms with Crippen LogP contribution in [0.15, 0.2) is 30.3 Å². The van der Waals surface area contributed by atoms with Crippen LogP contribution in [0.3, 0.4) is 0 Å². The van der Waals surface area contributed by atoms with E-state index >= 15 is 0 Å². The summed E-state index contributed by atoms with van der Waals surface area (Å²) < 4.78 is 10.7. The number of rotatable bonds is 1. The molecule has 1 heterocycles. The van der Waals surface area contributed by atoms with Crippen molar-refractivity contribution in [3.05, 3.63) is 42.0 Å². The van der Waals surface area contributed by atoms with E-state index in [1.807, 2.05) is 30.3 Å². The van der Waals surface area contributed by atoms with Crippen molar-refractivity contribution < 1.29 is 9.47 Å². The van der Waals surface area contributed by atoms with Crippen molar-refractivity contribution in [3.8, 4) is 0 Å². The highest BCUT2D eigenvalue weighted by molar-refractivity contribution is 5.27. The first kappa shape index (κ1) is 7.77. The summed E-state index contributed by atoms with van der Waals surface area (Å²) in [5, 5.41) is 0. The van der Waals surface area contributed by atoms with E-state index in [0.29, 0.717) is 19.8 Å². The lowest BCUT2D eigenvalue weighted by Crippen LogP contribution is -2.22. The normalized spacial score (nSPS) is 19.3.